The average molecular weight is 405 g/mol. The van der Waals surface area contributed by atoms with E-state index in [-0.39, 0.29) is 0 Å². The average Bonchev–Trinajstić information content (AvgIpc) is 3.24. The Labute approximate surface area is 175 Å². The predicted molar refractivity (Wildman–Crippen MR) is 115 cm³/mol. The van der Waals surface area contributed by atoms with Crippen molar-refractivity contribution in [2.24, 2.45) is 17.8 Å². The Kier molecular flexibility index (Phi) is 4.94. The van der Waals surface area contributed by atoms with E-state index in [9.17, 15) is 0 Å². The van der Waals surface area contributed by atoms with Crippen molar-refractivity contribution in [3.63, 3.8) is 0 Å². The van der Waals surface area contributed by atoms with Crippen LogP contribution in [0.15, 0.2) is 47.2 Å². The lowest BCUT2D eigenvalue weighted by molar-refractivity contribution is 0.421. The molecule has 2 unspecified atom stereocenters. The second-order valence-corrected chi connectivity index (χ2v) is 8.62. The van der Waals surface area contributed by atoms with Crippen LogP contribution in [0.5, 0.6) is 0 Å². The first kappa shape index (κ1) is 18.5. The second-order valence-electron chi connectivity index (χ2n) is 7.74. The largest absolute Gasteiger partial charge is 0.356 e. The third-order valence-corrected chi connectivity index (χ3v) is 6.80. The zero-order valence-electron chi connectivity index (χ0n) is 16.7. The maximum atomic E-state index is 5.57. The monoisotopic (exact) mass is 404 g/mol. The van der Waals surface area contributed by atoms with Crippen LogP contribution < -0.4 is 0 Å². The van der Waals surface area contributed by atoms with E-state index >= 15 is 0 Å². The Hall–Kier alpha value is -2.49. The maximum absolute atomic E-state index is 5.57. The van der Waals surface area contributed by atoms with Crippen LogP contribution in [0.2, 0.25) is 0 Å². The first-order chi connectivity index (χ1) is 14.2. The lowest BCUT2D eigenvalue weighted by atomic mass is 10.1. The number of imidazole rings is 1. The normalized spacial score (nSPS) is 22.9. The molecule has 5 rings (SSSR count). The van der Waals surface area contributed by atoms with Gasteiger partial charge in [0.2, 0.25) is 0 Å². The van der Waals surface area contributed by atoms with Gasteiger partial charge >= 0.3 is 0 Å². The van der Waals surface area contributed by atoms with E-state index in [2.05, 4.69) is 68.3 Å². The maximum Gasteiger partial charge on any atom is 0.167 e. The topological polar surface area (TPSA) is 47.1 Å². The second kappa shape index (κ2) is 7.74. The van der Waals surface area contributed by atoms with Crippen LogP contribution in [0.1, 0.15) is 24.0 Å². The van der Waals surface area contributed by atoms with Crippen LogP contribution in [-0.4, -0.2) is 38.4 Å². The number of nitrogens with zero attached hydrogens (tertiary/aromatic N) is 4. The van der Waals surface area contributed by atoms with Gasteiger partial charge in [-0.2, -0.15) is 0 Å². The van der Waals surface area contributed by atoms with Crippen molar-refractivity contribution < 1.29 is 4.52 Å². The summed E-state index contributed by atoms with van der Waals surface area (Å²) in [5.41, 5.74) is 2.98. The van der Waals surface area contributed by atoms with Crippen LogP contribution in [0.3, 0.4) is 0 Å². The number of aryl methyl sites for hydroxylation is 1. The summed E-state index contributed by atoms with van der Waals surface area (Å²) in [6.45, 7) is 5.16. The number of hydrogen-bond donors (Lipinski definition) is 0. The first-order valence-electron chi connectivity index (χ1n) is 10.1. The lowest BCUT2D eigenvalue weighted by Crippen LogP contribution is -2.15. The fraction of sp³-hybridized carbons (Fsp3) is 0.391. The van der Waals surface area contributed by atoms with Crippen molar-refractivity contribution in [1.29, 1.82) is 0 Å². The fourth-order valence-electron chi connectivity index (χ4n) is 4.23. The van der Waals surface area contributed by atoms with Gasteiger partial charge in [0.15, 0.2) is 5.76 Å². The van der Waals surface area contributed by atoms with Crippen LogP contribution >= 0.6 is 11.9 Å². The van der Waals surface area contributed by atoms with E-state index in [4.69, 9.17) is 4.52 Å². The van der Waals surface area contributed by atoms with E-state index in [1.807, 2.05) is 30.4 Å². The van der Waals surface area contributed by atoms with Crippen LogP contribution in [-0.2, 0) is 13.0 Å². The zero-order chi connectivity index (χ0) is 19.8. The van der Waals surface area contributed by atoms with Gasteiger partial charge in [0.05, 0.1) is 6.54 Å². The van der Waals surface area contributed by atoms with Crippen LogP contribution in [0, 0.1) is 29.6 Å². The number of piperidine rings is 1. The number of rotatable bonds is 5. The van der Waals surface area contributed by atoms with Crippen molar-refractivity contribution >= 4 is 11.9 Å². The van der Waals surface area contributed by atoms with Crippen molar-refractivity contribution in [3.05, 3.63) is 59.8 Å². The van der Waals surface area contributed by atoms with E-state index in [1.165, 1.54) is 13.1 Å². The lowest BCUT2D eigenvalue weighted by Gasteiger charge is -2.13. The smallest absolute Gasteiger partial charge is 0.167 e. The highest BCUT2D eigenvalue weighted by molar-refractivity contribution is 7.96. The molecular formula is C23H24N4OS. The Balaban J connectivity index is 1.23. The molecule has 0 radical (unpaired) electrons. The standard InChI is InChI=1S/C23H24N4OS/c1-3-23-24-10-11-26(23)13-18-12-22(28-25-18)17-7-4-16(5-8-17)6-9-19-20-14-27(29-2)15-21(19)20/h4-5,7-8,10-12,19-21H,3,13-15H2,1-2H3. The molecule has 0 bridgehead atoms. The number of hydrogen-bond acceptors (Lipinski definition) is 5. The first-order valence-corrected chi connectivity index (χ1v) is 11.3. The zero-order valence-corrected chi connectivity index (χ0v) is 17.5. The van der Waals surface area contributed by atoms with Crippen molar-refractivity contribution in [2.45, 2.75) is 19.9 Å². The summed E-state index contributed by atoms with van der Waals surface area (Å²) in [4.78, 5) is 4.35. The summed E-state index contributed by atoms with van der Waals surface area (Å²) >= 11 is 1.85. The quantitative estimate of drug-likeness (QED) is 0.476. The molecule has 0 N–H and O–H groups in total. The minimum atomic E-state index is 0.589. The molecule has 1 aliphatic heterocycles. The minimum absolute atomic E-state index is 0.589. The van der Waals surface area contributed by atoms with Crippen LogP contribution in [0.25, 0.3) is 11.3 Å². The van der Waals surface area contributed by atoms with Gasteiger partial charge in [-0.3, -0.25) is 4.31 Å². The summed E-state index contributed by atoms with van der Waals surface area (Å²) in [5, 5.41) is 4.22. The van der Waals surface area contributed by atoms with E-state index in [1.54, 1.807) is 0 Å². The Bertz CT molecular complexity index is 1050. The third-order valence-electron chi connectivity index (χ3n) is 5.98. The molecule has 6 heteroatoms. The van der Waals surface area contributed by atoms with Crippen molar-refractivity contribution in [2.75, 3.05) is 19.3 Å². The van der Waals surface area contributed by atoms with Gasteiger partial charge in [-0.15, -0.1) is 0 Å². The van der Waals surface area contributed by atoms with E-state index in [0.717, 1.165) is 46.7 Å². The number of aromatic nitrogens is 3. The molecule has 1 aromatic carbocycles. The van der Waals surface area contributed by atoms with E-state index in [0.29, 0.717) is 12.5 Å². The molecule has 148 valence electrons. The number of benzene rings is 1. The molecule has 5 nitrogen and oxygen atoms in total. The molecule has 2 aliphatic rings. The molecule has 0 amide bonds. The molecule has 2 aromatic heterocycles. The Morgan fingerprint density at radius 1 is 1.21 bits per heavy atom. The van der Waals surface area contributed by atoms with Gasteiger partial charge in [-0.05, 0) is 42.4 Å². The van der Waals surface area contributed by atoms with Gasteiger partial charge in [-0.1, -0.05) is 35.9 Å². The molecular weight excluding hydrogens is 380 g/mol. The van der Waals surface area contributed by atoms with Gasteiger partial charge in [0, 0.05) is 55.0 Å². The summed E-state index contributed by atoms with van der Waals surface area (Å²) in [6.07, 6.45) is 6.86. The molecule has 3 heterocycles. The molecule has 2 fully saturated rings. The number of fused-ring (bicyclic) bond motifs is 1. The van der Waals surface area contributed by atoms with Gasteiger partial charge in [0.25, 0.3) is 0 Å². The molecule has 0 spiro atoms. The highest BCUT2D eigenvalue weighted by Crippen LogP contribution is 2.52. The van der Waals surface area contributed by atoms with Gasteiger partial charge in [-0.25, -0.2) is 4.98 Å². The molecule has 3 aromatic rings. The Morgan fingerprint density at radius 3 is 2.72 bits per heavy atom. The van der Waals surface area contributed by atoms with Crippen LogP contribution in [0.4, 0.5) is 0 Å². The van der Waals surface area contributed by atoms with Crippen molar-refractivity contribution in [3.8, 4) is 23.2 Å². The summed E-state index contributed by atoms with van der Waals surface area (Å²) in [5.74, 6) is 10.8. The molecule has 1 aliphatic carbocycles. The molecule has 2 atom stereocenters. The van der Waals surface area contributed by atoms with Gasteiger partial charge in [0.1, 0.15) is 11.5 Å². The summed E-state index contributed by atoms with van der Waals surface area (Å²) in [6, 6.07) is 10.3. The molecule has 29 heavy (non-hydrogen) atoms. The highest BCUT2D eigenvalue weighted by atomic mass is 32.2. The highest BCUT2D eigenvalue weighted by Gasteiger charge is 2.54. The predicted octanol–water partition coefficient (Wildman–Crippen LogP) is 3.96. The SMILES string of the molecule is CCc1nccn1Cc1cc(-c2ccc(C#CC3C4CN(SC)CC34)cc2)on1. The van der Waals surface area contributed by atoms with Gasteiger partial charge < -0.3 is 9.09 Å². The Morgan fingerprint density at radius 2 is 2.00 bits per heavy atom. The molecule has 1 saturated carbocycles. The van der Waals surface area contributed by atoms with Crippen molar-refractivity contribution in [1.82, 2.24) is 19.0 Å². The fourth-order valence-corrected chi connectivity index (χ4v) is 4.87. The van der Waals surface area contributed by atoms with E-state index < -0.39 is 0 Å². The molecule has 1 saturated heterocycles. The third kappa shape index (κ3) is 3.73. The minimum Gasteiger partial charge on any atom is -0.356 e. The summed E-state index contributed by atoms with van der Waals surface area (Å²) < 4.78 is 10.1. The summed E-state index contributed by atoms with van der Waals surface area (Å²) in [7, 11) is 0.